The van der Waals surface area contributed by atoms with Crippen molar-refractivity contribution in [2.75, 3.05) is 25.0 Å². The van der Waals surface area contributed by atoms with Crippen LogP contribution in [0, 0.1) is 5.92 Å². The number of rotatable bonds is 4. The molecule has 0 saturated carbocycles. The van der Waals surface area contributed by atoms with Crippen molar-refractivity contribution in [2.45, 2.75) is 26.3 Å². The molecule has 0 unspecified atom stereocenters. The van der Waals surface area contributed by atoms with Gasteiger partial charge in [0.15, 0.2) is 0 Å². The van der Waals surface area contributed by atoms with E-state index in [0.717, 1.165) is 43.5 Å². The second kappa shape index (κ2) is 6.81. The summed E-state index contributed by atoms with van der Waals surface area (Å²) in [6.45, 7) is 4.59. The van der Waals surface area contributed by atoms with Gasteiger partial charge in [-0.25, -0.2) is 9.97 Å². The normalized spacial score (nSPS) is 15.7. The lowest BCUT2D eigenvalue weighted by atomic mass is 9.99. The van der Waals surface area contributed by atoms with Crippen LogP contribution in [0.4, 0.5) is 5.82 Å². The van der Waals surface area contributed by atoms with Crippen LogP contribution in [0.3, 0.4) is 0 Å². The third kappa shape index (κ3) is 3.70. The fraction of sp³-hybridized carbons (Fsp3) is 0.471. The van der Waals surface area contributed by atoms with E-state index in [1.807, 2.05) is 29.0 Å². The number of H-pyrrole nitrogens is 1. The number of nitrogens with zero attached hydrogens (tertiary/aromatic N) is 4. The van der Waals surface area contributed by atoms with Gasteiger partial charge in [-0.2, -0.15) is 0 Å². The summed E-state index contributed by atoms with van der Waals surface area (Å²) in [6.07, 6.45) is 7.39. The molecule has 0 aromatic carbocycles. The molecule has 0 bridgehead atoms. The van der Waals surface area contributed by atoms with Crippen LogP contribution in [0.2, 0.25) is 0 Å². The largest absolute Gasteiger partial charge is 0.352 e. The zero-order valence-corrected chi connectivity index (χ0v) is 13.7. The summed E-state index contributed by atoms with van der Waals surface area (Å²) in [5.74, 6) is 2.52. The molecule has 6 heteroatoms. The van der Waals surface area contributed by atoms with Gasteiger partial charge in [0.1, 0.15) is 11.6 Å². The van der Waals surface area contributed by atoms with Crippen molar-refractivity contribution >= 4 is 11.7 Å². The molecule has 2 aromatic rings. The number of carbonyl (C=O) groups excluding carboxylic acids is 1. The molecule has 2 aromatic heterocycles. The lowest BCUT2D eigenvalue weighted by molar-refractivity contribution is 0.0697. The summed E-state index contributed by atoms with van der Waals surface area (Å²) in [4.78, 5) is 28.1. The zero-order chi connectivity index (χ0) is 16.2. The number of pyridine rings is 1. The highest BCUT2D eigenvalue weighted by Gasteiger charge is 2.21. The molecule has 0 spiro atoms. The number of amides is 1. The van der Waals surface area contributed by atoms with Gasteiger partial charge in [-0.05, 0) is 30.9 Å². The van der Waals surface area contributed by atoms with Gasteiger partial charge in [-0.3, -0.25) is 4.79 Å². The summed E-state index contributed by atoms with van der Waals surface area (Å²) < 4.78 is 0. The Kier molecular flexibility index (Phi) is 4.60. The Morgan fingerprint density at radius 2 is 2.13 bits per heavy atom. The van der Waals surface area contributed by atoms with Crippen molar-refractivity contribution in [3.63, 3.8) is 0 Å². The second-order valence-electron chi connectivity index (χ2n) is 6.27. The first-order valence-electron chi connectivity index (χ1n) is 8.08. The molecule has 23 heavy (non-hydrogen) atoms. The smallest absolute Gasteiger partial charge is 0.255 e. The Hall–Kier alpha value is -2.37. The van der Waals surface area contributed by atoms with Crippen molar-refractivity contribution in [2.24, 2.45) is 5.92 Å². The average molecular weight is 313 g/mol. The van der Waals surface area contributed by atoms with Gasteiger partial charge >= 0.3 is 0 Å². The Bertz CT molecular complexity index is 630. The van der Waals surface area contributed by atoms with E-state index in [0.29, 0.717) is 12.1 Å². The summed E-state index contributed by atoms with van der Waals surface area (Å²) >= 11 is 0. The minimum atomic E-state index is 0.0876. The van der Waals surface area contributed by atoms with E-state index in [9.17, 15) is 4.79 Å². The number of aromatic amines is 1. The monoisotopic (exact) mass is 313 g/mol. The Morgan fingerprint density at radius 3 is 2.74 bits per heavy atom. The van der Waals surface area contributed by atoms with Crippen molar-refractivity contribution in [1.29, 1.82) is 0 Å². The number of nitrogens with one attached hydrogen (secondary N) is 1. The Labute approximate surface area is 136 Å². The van der Waals surface area contributed by atoms with Crippen LogP contribution < -0.4 is 4.90 Å². The first kappa shape index (κ1) is 15.5. The van der Waals surface area contributed by atoms with Gasteiger partial charge in [0.25, 0.3) is 5.91 Å². The van der Waals surface area contributed by atoms with E-state index in [2.05, 4.69) is 21.9 Å². The fourth-order valence-corrected chi connectivity index (χ4v) is 2.82. The van der Waals surface area contributed by atoms with Crippen LogP contribution >= 0.6 is 0 Å². The highest BCUT2D eigenvalue weighted by atomic mass is 16.2. The molecule has 0 atom stereocenters. The summed E-state index contributed by atoms with van der Waals surface area (Å²) in [7, 11) is 1.96. The van der Waals surface area contributed by atoms with Gasteiger partial charge in [0, 0.05) is 38.7 Å². The fourth-order valence-electron chi connectivity index (χ4n) is 2.82. The van der Waals surface area contributed by atoms with Gasteiger partial charge in [0.2, 0.25) is 0 Å². The molecule has 0 radical (unpaired) electrons. The van der Waals surface area contributed by atoms with E-state index in [4.69, 9.17) is 0 Å². The van der Waals surface area contributed by atoms with E-state index < -0.39 is 0 Å². The third-order valence-electron chi connectivity index (χ3n) is 4.40. The molecule has 1 saturated heterocycles. The molecule has 3 heterocycles. The van der Waals surface area contributed by atoms with Gasteiger partial charge in [-0.15, -0.1) is 0 Å². The number of aromatic nitrogens is 3. The maximum Gasteiger partial charge on any atom is 0.255 e. The van der Waals surface area contributed by atoms with Crippen LogP contribution in [-0.4, -0.2) is 45.9 Å². The number of anilines is 1. The second-order valence-corrected chi connectivity index (χ2v) is 6.27. The lowest BCUT2D eigenvalue weighted by Crippen LogP contribution is -2.37. The lowest BCUT2D eigenvalue weighted by Gasteiger charge is -2.30. The number of hydrogen-bond donors (Lipinski definition) is 1. The quantitative estimate of drug-likeness (QED) is 0.941. The number of imidazole rings is 1. The van der Waals surface area contributed by atoms with E-state index >= 15 is 0 Å². The molecule has 1 amide bonds. The standard InChI is InChI=1S/C17H23N5O/c1-13-5-9-22(10-6-13)17(23)14-3-4-16(20-11-14)21(2)12-15-18-7-8-19-15/h3-4,7-8,11,13H,5-6,9-10,12H2,1-2H3,(H,18,19). The maximum absolute atomic E-state index is 12.5. The van der Waals surface area contributed by atoms with Crippen LogP contribution in [0.5, 0.6) is 0 Å². The highest BCUT2D eigenvalue weighted by Crippen LogP contribution is 2.19. The molecule has 1 N–H and O–H groups in total. The summed E-state index contributed by atoms with van der Waals surface area (Å²) in [5, 5.41) is 0. The van der Waals surface area contributed by atoms with Crippen molar-refractivity contribution in [1.82, 2.24) is 19.9 Å². The SMILES string of the molecule is CC1CCN(C(=O)c2ccc(N(C)Cc3ncc[nH]3)nc2)CC1. The molecule has 6 nitrogen and oxygen atoms in total. The Morgan fingerprint density at radius 1 is 1.35 bits per heavy atom. The maximum atomic E-state index is 12.5. The topological polar surface area (TPSA) is 65.1 Å². The Balaban J connectivity index is 1.63. The molecular formula is C17H23N5O. The molecule has 1 fully saturated rings. The predicted octanol–water partition coefficient (Wildman–Crippen LogP) is 2.31. The van der Waals surface area contributed by atoms with Gasteiger partial charge in [0.05, 0.1) is 12.1 Å². The van der Waals surface area contributed by atoms with E-state index in [1.54, 1.807) is 18.6 Å². The zero-order valence-electron chi connectivity index (χ0n) is 13.7. The van der Waals surface area contributed by atoms with Crippen molar-refractivity contribution in [3.05, 3.63) is 42.1 Å². The predicted molar refractivity (Wildman–Crippen MR) is 89.2 cm³/mol. The molecular weight excluding hydrogens is 290 g/mol. The number of carbonyl (C=O) groups is 1. The van der Waals surface area contributed by atoms with E-state index in [1.165, 1.54) is 0 Å². The van der Waals surface area contributed by atoms with Crippen LogP contribution in [-0.2, 0) is 6.54 Å². The molecule has 122 valence electrons. The first-order chi connectivity index (χ1) is 11.1. The number of piperidine rings is 1. The highest BCUT2D eigenvalue weighted by molar-refractivity contribution is 5.94. The van der Waals surface area contributed by atoms with Gasteiger partial charge < -0.3 is 14.8 Å². The van der Waals surface area contributed by atoms with Crippen LogP contribution in [0.25, 0.3) is 0 Å². The average Bonchev–Trinajstić information content (AvgIpc) is 3.08. The summed E-state index contributed by atoms with van der Waals surface area (Å²) in [6, 6.07) is 3.75. The number of hydrogen-bond acceptors (Lipinski definition) is 4. The van der Waals surface area contributed by atoms with Crippen LogP contribution in [0.1, 0.15) is 35.9 Å². The molecule has 1 aliphatic rings. The third-order valence-corrected chi connectivity index (χ3v) is 4.40. The molecule has 0 aliphatic carbocycles. The number of likely N-dealkylation sites (tertiary alicyclic amines) is 1. The van der Waals surface area contributed by atoms with E-state index in [-0.39, 0.29) is 5.91 Å². The molecule has 3 rings (SSSR count). The minimum absolute atomic E-state index is 0.0876. The molecule has 1 aliphatic heterocycles. The van der Waals surface area contributed by atoms with Crippen molar-refractivity contribution < 1.29 is 4.79 Å². The summed E-state index contributed by atoms with van der Waals surface area (Å²) in [5.41, 5.74) is 0.662. The van der Waals surface area contributed by atoms with Crippen molar-refractivity contribution in [3.8, 4) is 0 Å². The first-order valence-corrected chi connectivity index (χ1v) is 8.08. The minimum Gasteiger partial charge on any atom is -0.352 e. The van der Waals surface area contributed by atoms with Crippen LogP contribution in [0.15, 0.2) is 30.7 Å². The van der Waals surface area contributed by atoms with Gasteiger partial charge in [-0.1, -0.05) is 6.92 Å².